The number of hydrogen-bond acceptors (Lipinski definition) is 3. The summed E-state index contributed by atoms with van der Waals surface area (Å²) in [5.41, 5.74) is 6.69. The van der Waals surface area contributed by atoms with E-state index in [1.807, 2.05) is 42.5 Å². The molecule has 1 atom stereocenters. The minimum absolute atomic E-state index is 0. The lowest BCUT2D eigenvalue weighted by Crippen LogP contribution is -2.34. The van der Waals surface area contributed by atoms with Crippen LogP contribution in [0.2, 0.25) is 0 Å². The van der Waals surface area contributed by atoms with E-state index in [0.29, 0.717) is 13.1 Å². The number of nitrogens with zero attached hydrogens (tertiary/aromatic N) is 1. The van der Waals surface area contributed by atoms with Crippen molar-refractivity contribution < 1.29 is 9.21 Å². The second-order valence-corrected chi connectivity index (χ2v) is 4.47. The van der Waals surface area contributed by atoms with E-state index in [1.165, 1.54) is 0 Å². The summed E-state index contributed by atoms with van der Waals surface area (Å²) in [6.07, 6.45) is 1.60. The van der Waals surface area contributed by atoms with E-state index in [9.17, 15) is 4.79 Å². The van der Waals surface area contributed by atoms with Crippen LogP contribution in [0.4, 0.5) is 0 Å². The van der Waals surface area contributed by atoms with E-state index in [1.54, 1.807) is 18.2 Å². The SMILES string of the molecule is CN(Cc1ccco1)C(=O)C(CN)c1ccccc1.Cl. The average molecular weight is 295 g/mol. The fraction of sp³-hybridized carbons (Fsp3) is 0.267. The standard InChI is InChI=1S/C15H18N2O2.ClH/c1-17(11-13-8-5-9-19-13)15(18)14(10-16)12-6-3-2-4-7-12;/h2-9,14H,10-11,16H2,1H3;1H. The predicted molar refractivity (Wildman–Crippen MR) is 80.7 cm³/mol. The van der Waals surface area contributed by atoms with Crippen LogP contribution in [0.1, 0.15) is 17.2 Å². The third-order valence-corrected chi connectivity index (χ3v) is 3.09. The first-order valence-corrected chi connectivity index (χ1v) is 6.24. The molecule has 2 N–H and O–H groups in total. The van der Waals surface area contributed by atoms with E-state index < -0.39 is 0 Å². The van der Waals surface area contributed by atoms with Crippen molar-refractivity contribution in [2.24, 2.45) is 5.73 Å². The van der Waals surface area contributed by atoms with Crippen LogP contribution in [0.25, 0.3) is 0 Å². The second kappa shape index (κ2) is 7.72. The highest BCUT2D eigenvalue weighted by Gasteiger charge is 2.22. The Morgan fingerprint density at radius 1 is 1.25 bits per heavy atom. The van der Waals surface area contributed by atoms with Gasteiger partial charge in [-0.2, -0.15) is 0 Å². The Bertz CT molecular complexity index is 514. The van der Waals surface area contributed by atoms with Gasteiger partial charge in [-0.15, -0.1) is 12.4 Å². The van der Waals surface area contributed by atoms with Gasteiger partial charge in [-0.3, -0.25) is 4.79 Å². The van der Waals surface area contributed by atoms with Crippen LogP contribution in [-0.2, 0) is 11.3 Å². The third-order valence-electron chi connectivity index (χ3n) is 3.09. The minimum Gasteiger partial charge on any atom is -0.467 e. The van der Waals surface area contributed by atoms with Gasteiger partial charge in [0.1, 0.15) is 5.76 Å². The number of furan rings is 1. The van der Waals surface area contributed by atoms with E-state index in [2.05, 4.69) is 0 Å². The van der Waals surface area contributed by atoms with Crippen molar-refractivity contribution in [3.8, 4) is 0 Å². The van der Waals surface area contributed by atoms with Gasteiger partial charge in [0.05, 0.1) is 18.7 Å². The Morgan fingerprint density at radius 3 is 2.50 bits per heavy atom. The summed E-state index contributed by atoms with van der Waals surface area (Å²) in [4.78, 5) is 14.0. The summed E-state index contributed by atoms with van der Waals surface area (Å²) in [6, 6.07) is 13.3. The molecule has 0 fully saturated rings. The predicted octanol–water partition coefficient (Wildman–Crippen LogP) is 2.40. The van der Waals surface area contributed by atoms with Gasteiger partial charge in [-0.05, 0) is 17.7 Å². The van der Waals surface area contributed by atoms with Crippen molar-refractivity contribution in [1.29, 1.82) is 0 Å². The number of amides is 1. The third kappa shape index (κ3) is 3.85. The van der Waals surface area contributed by atoms with E-state index in [0.717, 1.165) is 11.3 Å². The van der Waals surface area contributed by atoms with Crippen molar-refractivity contribution in [2.75, 3.05) is 13.6 Å². The summed E-state index contributed by atoms with van der Waals surface area (Å²) in [5.74, 6) is 0.464. The zero-order valence-electron chi connectivity index (χ0n) is 11.4. The molecule has 1 heterocycles. The molecule has 0 spiro atoms. The van der Waals surface area contributed by atoms with Crippen molar-refractivity contribution in [3.05, 3.63) is 60.1 Å². The van der Waals surface area contributed by atoms with Crippen molar-refractivity contribution in [1.82, 2.24) is 4.90 Å². The summed E-state index contributed by atoms with van der Waals surface area (Å²) >= 11 is 0. The van der Waals surface area contributed by atoms with Crippen LogP contribution in [0, 0.1) is 0 Å². The van der Waals surface area contributed by atoms with Gasteiger partial charge in [-0.1, -0.05) is 30.3 Å². The van der Waals surface area contributed by atoms with Gasteiger partial charge in [0.15, 0.2) is 0 Å². The highest BCUT2D eigenvalue weighted by atomic mass is 35.5. The molecule has 1 aromatic carbocycles. The molecule has 0 saturated heterocycles. The summed E-state index contributed by atoms with van der Waals surface area (Å²) in [5, 5.41) is 0. The molecule has 5 heteroatoms. The molecular weight excluding hydrogens is 276 g/mol. The van der Waals surface area contributed by atoms with Crippen LogP contribution in [-0.4, -0.2) is 24.4 Å². The highest BCUT2D eigenvalue weighted by molar-refractivity contribution is 5.85. The fourth-order valence-corrected chi connectivity index (χ4v) is 2.05. The fourth-order valence-electron chi connectivity index (χ4n) is 2.05. The van der Waals surface area contributed by atoms with Crippen LogP contribution in [0.3, 0.4) is 0 Å². The number of halogens is 1. The molecule has 0 aliphatic carbocycles. The van der Waals surface area contributed by atoms with Gasteiger partial charge in [0, 0.05) is 13.6 Å². The van der Waals surface area contributed by atoms with Gasteiger partial charge >= 0.3 is 0 Å². The monoisotopic (exact) mass is 294 g/mol. The van der Waals surface area contributed by atoms with Crippen molar-refractivity contribution >= 4 is 18.3 Å². The smallest absolute Gasteiger partial charge is 0.231 e. The molecule has 1 aromatic heterocycles. The normalized spacial score (nSPS) is 11.5. The number of likely N-dealkylation sites (N-methyl/N-ethyl adjacent to an activating group) is 1. The van der Waals surface area contributed by atoms with E-state index in [4.69, 9.17) is 10.2 Å². The number of rotatable bonds is 5. The molecule has 1 unspecified atom stereocenters. The number of carbonyl (C=O) groups excluding carboxylic acids is 1. The molecule has 0 bridgehead atoms. The lowest BCUT2D eigenvalue weighted by atomic mass is 9.98. The molecule has 0 radical (unpaired) electrons. The molecule has 1 amide bonds. The van der Waals surface area contributed by atoms with Crippen LogP contribution >= 0.6 is 12.4 Å². The topological polar surface area (TPSA) is 59.5 Å². The zero-order chi connectivity index (χ0) is 13.7. The number of benzene rings is 1. The number of carbonyl (C=O) groups is 1. The summed E-state index contributed by atoms with van der Waals surface area (Å²) in [6.45, 7) is 0.751. The molecule has 108 valence electrons. The number of nitrogens with two attached hydrogens (primary N) is 1. The molecule has 4 nitrogen and oxygen atoms in total. The van der Waals surface area contributed by atoms with Gasteiger partial charge in [0.2, 0.25) is 5.91 Å². The van der Waals surface area contributed by atoms with Crippen molar-refractivity contribution in [2.45, 2.75) is 12.5 Å². The highest BCUT2D eigenvalue weighted by Crippen LogP contribution is 2.18. The lowest BCUT2D eigenvalue weighted by molar-refractivity contribution is -0.132. The van der Waals surface area contributed by atoms with Crippen LogP contribution < -0.4 is 5.73 Å². The van der Waals surface area contributed by atoms with Crippen LogP contribution in [0.5, 0.6) is 0 Å². The van der Waals surface area contributed by atoms with Crippen molar-refractivity contribution in [3.63, 3.8) is 0 Å². The molecule has 2 rings (SSSR count). The first-order valence-electron chi connectivity index (χ1n) is 6.24. The molecule has 20 heavy (non-hydrogen) atoms. The maximum atomic E-state index is 12.4. The average Bonchev–Trinajstić information content (AvgIpc) is 2.93. The maximum Gasteiger partial charge on any atom is 0.231 e. The first-order chi connectivity index (χ1) is 9.22. The van der Waals surface area contributed by atoms with E-state index in [-0.39, 0.29) is 24.2 Å². The molecule has 2 aromatic rings. The molecule has 0 saturated carbocycles. The van der Waals surface area contributed by atoms with Gasteiger partial charge < -0.3 is 15.1 Å². The maximum absolute atomic E-state index is 12.4. The minimum atomic E-state index is -0.304. The quantitative estimate of drug-likeness (QED) is 0.921. The molecule has 0 aliphatic heterocycles. The second-order valence-electron chi connectivity index (χ2n) is 4.47. The first kappa shape index (κ1) is 16.3. The van der Waals surface area contributed by atoms with Gasteiger partial charge in [0.25, 0.3) is 0 Å². The molecular formula is C15H19ClN2O2. The van der Waals surface area contributed by atoms with Gasteiger partial charge in [-0.25, -0.2) is 0 Å². The lowest BCUT2D eigenvalue weighted by Gasteiger charge is -2.22. The summed E-state index contributed by atoms with van der Waals surface area (Å²) in [7, 11) is 1.76. The Kier molecular flexibility index (Phi) is 6.28. The zero-order valence-corrected chi connectivity index (χ0v) is 12.2. The summed E-state index contributed by atoms with van der Waals surface area (Å²) < 4.78 is 5.25. The van der Waals surface area contributed by atoms with Crippen LogP contribution in [0.15, 0.2) is 53.1 Å². The Morgan fingerprint density at radius 2 is 1.95 bits per heavy atom. The van der Waals surface area contributed by atoms with E-state index >= 15 is 0 Å². The molecule has 0 aliphatic rings. The number of hydrogen-bond donors (Lipinski definition) is 1. The Labute approximate surface area is 125 Å². The largest absolute Gasteiger partial charge is 0.467 e. The Balaban J connectivity index is 0.00000200. The Hall–Kier alpha value is -1.78.